The number of amides is 1. The van der Waals surface area contributed by atoms with Gasteiger partial charge in [0.2, 0.25) is 5.91 Å². The highest BCUT2D eigenvalue weighted by molar-refractivity contribution is 6.35. The van der Waals surface area contributed by atoms with E-state index in [2.05, 4.69) is 16.3 Å². The molecule has 4 aromatic rings. The standard InChI is InChI=1S/C34H28Cl2F3N3O2/c35-29-17-30(36)19-31(18-29)41-32(43)22-44-33(27-9-7-25(8-10-27)26-5-1-3-23(15-26)20-40)11-13-42(14-12-33)21-24-4-2-6-28(16-24)34(37,38)39/h1-10,15-19H,11-14,21-22H2,(H,41,43). The van der Waals surface area contributed by atoms with Crippen LogP contribution < -0.4 is 5.32 Å². The van der Waals surface area contributed by atoms with Crippen LogP contribution in [-0.2, 0) is 27.9 Å². The predicted octanol–water partition coefficient (Wildman–Crippen LogP) is 8.70. The van der Waals surface area contributed by atoms with Crippen molar-refractivity contribution in [2.45, 2.75) is 31.2 Å². The lowest BCUT2D eigenvalue weighted by Crippen LogP contribution is -2.45. The molecule has 4 aromatic carbocycles. The van der Waals surface area contributed by atoms with Gasteiger partial charge in [0.1, 0.15) is 6.61 Å². The van der Waals surface area contributed by atoms with Gasteiger partial charge >= 0.3 is 6.18 Å². The number of anilines is 1. The van der Waals surface area contributed by atoms with Gasteiger partial charge in [0, 0.05) is 35.4 Å². The third-order valence-electron chi connectivity index (χ3n) is 7.69. The molecule has 1 heterocycles. The summed E-state index contributed by atoms with van der Waals surface area (Å²) in [4.78, 5) is 15.0. The second-order valence-corrected chi connectivity index (χ2v) is 11.6. The van der Waals surface area contributed by atoms with E-state index < -0.39 is 17.3 Å². The summed E-state index contributed by atoms with van der Waals surface area (Å²) in [5, 5.41) is 12.8. The molecule has 0 atom stereocenters. The first kappa shape index (κ1) is 31.6. The summed E-state index contributed by atoms with van der Waals surface area (Å²) >= 11 is 12.1. The molecular weight excluding hydrogens is 610 g/mol. The number of nitriles is 1. The third-order valence-corrected chi connectivity index (χ3v) is 8.12. The number of likely N-dealkylation sites (tertiary alicyclic amines) is 1. The molecule has 44 heavy (non-hydrogen) atoms. The van der Waals surface area contributed by atoms with E-state index in [9.17, 15) is 23.2 Å². The Morgan fingerprint density at radius 3 is 2.25 bits per heavy atom. The summed E-state index contributed by atoms with van der Waals surface area (Å²) in [5.74, 6) is -0.376. The number of benzene rings is 4. The van der Waals surface area contributed by atoms with Gasteiger partial charge in [-0.15, -0.1) is 0 Å². The molecule has 1 saturated heterocycles. The highest BCUT2D eigenvalue weighted by Crippen LogP contribution is 2.39. The van der Waals surface area contributed by atoms with Gasteiger partial charge in [0.05, 0.1) is 22.8 Å². The van der Waals surface area contributed by atoms with Gasteiger partial charge in [-0.25, -0.2) is 0 Å². The molecule has 1 N–H and O–H groups in total. The quantitative estimate of drug-likeness (QED) is 0.210. The van der Waals surface area contributed by atoms with E-state index in [1.807, 2.05) is 42.5 Å². The number of carbonyl (C=O) groups is 1. The highest BCUT2D eigenvalue weighted by atomic mass is 35.5. The van der Waals surface area contributed by atoms with Crippen molar-refractivity contribution in [1.29, 1.82) is 5.26 Å². The fourth-order valence-electron chi connectivity index (χ4n) is 5.45. The highest BCUT2D eigenvalue weighted by Gasteiger charge is 2.38. The van der Waals surface area contributed by atoms with Crippen LogP contribution in [0, 0.1) is 11.3 Å². The third kappa shape index (κ3) is 7.79. The molecule has 5 nitrogen and oxygen atoms in total. The normalized spacial score (nSPS) is 15.0. The predicted molar refractivity (Wildman–Crippen MR) is 165 cm³/mol. The lowest BCUT2D eigenvalue weighted by atomic mass is 9.83. The van der Waals surface area contributed by atoms with Crippen molar-refractivity contribution < 1.29 is 22.7 Å². The van der Waals surface area contributed by atoms with Gasteiger partial charge in [-0.3, -0.25) is 9.69 Å². The second kappa shape index (κ2) is 13.4. The summed E-state index contributed by atoms with van der Waals surface area (Å²) in [6, 6.07) is 27.5. The largest absolute Gasteiger partial charge is 0.416 e. The lowest BCUT2D eigenvalue weighted by molar-refractivity contribution is -0.138. The maximum atomic E-state index is 13.2. The average Bonchev–Trinajstić information content (AvgIpc) is 3.00. The van der Waals surface area contributed by atoms with Crippen LogP contribution in [0.4, 0.5) is 18.9 Å². The van der Waals surface area contributed by atoms with E-state index in [1.165, 1.54) is 12.1 Å². The molecule has 0 radical (unpaired) electrons. The van der Waals surface area contributed by atoms with Crippen molar-refractivity contribution in [2.24, 2.45) is 0 Å². The number of hydrogen-bond acceptors (Lipinski definition) is 4. The first-order valence-corrected chi connectivity index (χ1v) is 14.7. The van der Waals surface area contributed by atoms with Crippen molar-refractivity contribution in [3.05, 3.63) is 123 Å². The molecule has 226 valence electrons. The number of ether oxygens (including phenoxy) is 1. The van der Waals surface area contributed by atoms with E-state index in [1.54, 1.807) is 30.3 Å². The molecule has 10 heteroatoms. The number of piperidine rings is 1. The maximum Gasteiger partial charge on any atom is 0.416 e. The minimum absolute atomic E-state index is 0.232. The molecule has 1 amide bonds. The van der Waals surface area contributed by atoms with Crippen molar-refractivity contribution in [3.63, 3.8) is 0 Å². The van der Waals surface area contributed by atoms with Gasteiger partial charge < -0.3 is 10.1 Å². The molecule has 0 aliphatic carbocycles. The van der Waals surface area contributed by atoms with Crippen LogP contribution in [0.2, 0.25) is 10.0 Å². The first-order valence-electron chi connectivity index (χ1n) is 13.9. The molecule has 0 spiro atoms. The van der Waals surface area contributed by atoms with Crippen molar-refractivity contribution in [1.82, 2.24) is 4.90 Å². The van der Waals surface area contributed by atoms with Crippen LogP contribution in [0.25, 0.3) is 11.1 Å². The second-order valence-electron chi connectivity index (χ2n) is 10.7. The van der Waals surface area contributed by atoms with Crippen LogP contribution in [0.15, 0.2) is 91.0 Å². The Hall–Kier alpha value is -3.87. The number of hydrogen-bond donors (Lipinski definition) is 1. The molecule has 1 aliphatic heterocycles. The maximum absolute atomic E-state index is 13.2. The number of rotatable bonds is 8. The van der Waals surface area contributed by atoms with Crippen LogP contribution in [0.3, 0.4) is 0 Å². The topological polar surface area (TPSA) is 65.4 Å². The molecule has 0 bridgehead atoms. The van der Waals surface area contributed by atoms with Gasteiger partial charge in [0.25, 0.3) is 0 Å². The Bertz CT molecular complexity index is 1660. The first-order chi connectivity index (χ1) is 21.0. The number of halogens is 5. The Morgan fingerprint density at radius 2 is 1.59 bits per heavy atom. The number of nitrogens with one attached hydrogen (secondary N) is 1. The zero-order valence-corrected chi connectivity index (χ0v) is 25.0. The molecule has 0 aromatic heterocycles. The SMILES string of the molecule is N#Cc1cccc(-c2ccc(C3(OCC(=O)Nc4cc(Cl)cc(Cl)c4)CCN(Cc4cccc(C(F)(F)F)c4)CC3)cc2)c1. The minimum atomic E-state index is -4.40. The molecule has 0 unspecified atom stereocenters. The van der Waals surface area contributed by atoms with E-state index in [0.717, 1.165) is 22.8 Å². The molecule has 0 saturated carbocycles. The Morgan fingerprint density at radius 1 is 0.909 bits per heavy atom. The van der Waals surface area contributed by atoms with Gasteiger partial charge in [-0.05, 0) is 71.5 Å². The minimum Gasteiger partial charge on any atom is -0.360 e. The lowest BCUT2D eigenvalue weighted by Gasteiger charge is -2.42. The number of alkyl halides is 3. The molecule has 1 aliphatic rings. The summed E-state index contributed by atoms with van der Waals surface area (Å²) in [6.07, 6.45) is -3.36. The van der Waals surface area contributed by atoms with Crippen molar-refractivity contribution in [3.8, 4) is 17.2 Å². The van der Waals surface area contributed by atoms with Crippen LogP contribution >= 0.6 is 23.2 Å². The van der Waals surface area contributed by atoms with Gasteiger partial charge in [0.15, 0.2) is 0 Å². The van der Waals surface area contributed by atoms with Crippen molar-refractivity contribution >= 4 is 34.8 Å². The average molecular weight is 639 g/mol. The molecule has 5 rings (SSSR count). The van der Waals surface area contributed by atoms with E-state index >= 15 is 0 Å². The van der Waals surface area contributed by atoms with Gasteiger partial charge in [-0.2, -0.15) is 18.4 Å². The van der Waals surface area contributed by atoms with E-state index in [-0.39, 0.29) is 12.5 Å². The molecular formula is C34H28Cl2F3N3O2. The molecule has 1 fully saturated rings. The number of carbonyl (C=O) groups excluding carboxylic acids is 1. The fourth-order valence-corrected chi connectivity index (χ4v) is 5.98. The van der Waals surface area contributed by atoms with Crippen molar-refractivity contribution in [2.75, 3.05) is 25.0 Å². The van der Waals surface area contributed by atoms with E-state index in [4.69, 9.17) is 27.9 Å². The summed E-state index contributed by atoms with van der Waals surface area (Å²) in [5.41, 5.74) is 2.83. The number of nitrogens with zero attached hydrogens (tertiary/aromatic N) is 2. The monoisotopic (exact) mass is 637 g/mol. The van der Waals surface area contributed by atoms with E-state index in [0.29, 0.717) is 59.3 Å². The van der Waals surface area contributed by atoms with Crippen LogP contribution in [0.1, 0.15) is 35.1 Å². The van der Waals surface area contributed by atoms with Gasteiger partial charge in [-0.1, -0.05) is 77.8 Å². The zero-order chi connectivity index (χ0) is 31.3. The Balaban J connectivity index is 1.34. The Labute approximate surface area is 263 Å². The smallest absolute Gasteiger partial charge is 0.360 e. The van der Waals surface area contributed by atoms with Crippen LogP contribution in [-0.4, -0.2) is 30.5 Å². The zero-order valence-electron chi connectivity index (χ0n) is 23.5. The summed E-state index contributed by atoms with van der Waals surface area (Å²) in [6.45, 7) is 1.23. The Kier molecular flexibility index (Phi) is 9.62. The summed E-state index contributed by atoms with van der Waals surface area (Å²) in [7, 11) is 0. The summed E-state index contributed by atoms with van der Waals surface area (Å²) < 4.78 is 46.1. The fraction of sp³-hybridized carbons (Fsp3) is 0.235. The van der Waals surface area contributed by atoms with Crippen LogP contribution in [0.5, 0.6) is 0 Å².